The fourth-order valence-electron chi connectivity index (χ4n) is 4.30. The van der Waals surface area contributed by atoms with Crippen LogP contribution in [-0.4, -0.2) is 38.1 Å². The molecule has 1 aliphatic heterocycles. The molecular weight excluding hydrogens is 396 g/mol. The van der Waals surface area contributed by atoms with E-state index in [0.717, 1.165) is 37.0 Å². The third kappa shape index (κ3) is 5.70. The van der Waals surface area contributed by atoms with Crippen molar-refractivity contribution >= 4 is 15.7 Å². The number of rotatable bonds is 7. The molecule has 1 aliphatic rings. The van der Waals surface area contributed by atoms with Crippen LogP contribution in [0.5, 0.6) is 0 Å². The predicted molar refractivity (Wildman–Crippen MR) is 120 cm³/mol. The summed E-state index contributed by atoms with van der Waals surface area (Å²) in [5.74, 6) is 1.07. The lowest BCUT2D eigenvalue weighted by Crippen LogP contribution is -2.38. The van der Waals surface area contributed by atoms with Crippen LogP contribution in [0.2, 0.25) is 0 Å². The number of nitrogens with zero attached hydrogens (tertiary/aromatic N) is 1. The van der Waals surface area contributed by atoms with Gasteiger partial charge in [-0.15, -0.1) is 0 Å². The summed E-state index contributed by atoms with van der Waals surface area (Å²) < 4.78 is 24.5. The minimum atomic E-state index is -3.45. The van der Waals surface area contributed by atoms with Gasteiger partial charge in [-0.3, -0.25) is 9.69 Å². The van der Waals surface area contributed by atoms with Crippen molar-refractivity contribution in [3.8, 4) is 0 Å². The van der Waals surface area contributed by atoms with Gasteiger partial charge in [0.15, 0.2) is 9.84 Å². The zero-order valence-corrected chi connectivity index (χ0v) is 18.9. The molecule has 0 saturated carbocycles. The molecule has 2 aromatic carbocycles. The fraction of sp³-hybridized carbons (Fsp3) is 0.458. The van der Waals surface area contributed by atoms with Crippen molar-refractivity contribution in [3.05, 3.63) is 65.2 Å². The highest BCUT2D eigenvalue weighted by molar-refractivity contribution is 7.91. The highest BCUT2D eigenvalue weighted by Gasteiger charge is 2.22. The summed E-state index contributed by atoms with van der Waals surface area (Å²) >= 11 is 0. The van der Waals surface area contributed by atoms with Crippen molar-refractivity contribution in [2.75, 3.05) is 18.8 Å². The Labute approximate surface area is 180 Å². The van der Waals surface area contributed by atoms with Gasteiger partial charge in [0.25, 0.3) is 5.91 Å². The Morgan fingerprint density at radius 2 is 1.60 bits per heavy atom. The summed E-state index contributed by atoms with van der Waals surface area (Å²) in [6, 6.07) is 14.7. The predicted octanol–water partition coefficient (Wildman–Crippen LogP) is 3.89. The zero-order valence-electron chi connectivity index (χ0n) is 18.1. The minimum Gasteiger partial charge on any atom is -0.348 e. The van der Waals surface area contributed by atoms with E-state index < -0.39 is 9.84 Å². The number of sulfone groups is 1. The van der Waals surface area contributed by atoms with Crippen molar-refractivity contribution in [3.63, 3.8) is 0 Å². The van der Waals surface area contributed by atoms with E-state index in [4.69, 9.17) is 0 Å². The monoisotopic (exact) mass is 428 g/mol. The van der Waals surface area contributed by atoms with Crippen LogP contribution in [0.1, 0.15) is 48.7 Å². The maximum absolute atomic E-state index is 12.6. The number of carbonyl (C=O) groups is 1. The second-order valence-corrected chi connectivity index (χ2v) is 10.8. The molecule has 0 radical (unpaired) electrons. The molecule has 30 heavy (non-hydrogen) atoms. The first-order valence-corrected chi connectivity index (χ1v) is 12.3. The molecule has 0 aromatic heterocycles. The van der Waals surface area contributed by atoms with Crippen molar-refractivity contribution in [2.45, 2.75) is 45.2 Å². The lowest BCUT2D eigenvalue weighted by atomic mass is 9.91. The first-order chi connectivity index (χ1) is 14.3. The van der Waals surface area contributed by atoms with Gasteiger partial charge >= 0.3 is 0 Å². The van der Waals surface area contributed by atoms with Gasteiger partial charge in [0.2, 0.25) is 0 Å². The van der Waals surface area contributed by atoms with Crippen LogP contribution in [0.15, 0.2) is 53.4 Å². The highest BCUT2D eigenvalue weighted by Crippen LogP contribution is 2.22. The number of hydrogen-bond acceptors (Lipinski definition) is 4. The Balaban J connectivity index is 1.60. The lowest BCUT2D eigenvalue weighted by molar-refractivity contribution is 0.0947. The van der Waals surface area contributed by atoms with Crippen LogP contribution in [-0.2, 0) is 22.9 Å². The van der Waals surface area contributed by atoms with Crippen LogP contribution < -0.4 is 5.32 Å². The average molecular weight is 429 g/mol. The minimum absolute atomic E-state index is 0.0344. The van der Waals surface area contributed by atoms with Gasteiger partial charge in [0.1, 0.15) is 0 Å². The first-order valence-electron chi connectivity index (χ1n) is 10.7. The van der Waals surface area contributed by atoms with E-state index in [1.165, 1.54) is 18.1 Å². The molecule has 5 nitrogen and oxygen atoms in total. The normalized spacial score (nSPS) is 20.1. The van der Waals surface area contributed by atoms with Crippen LogP contribution in [0.4, 0.5) is 0 Å². The van der Waals surface area contributed by atoms with Crippen LogP contribution in [0.25, 0.3) is 0 Å². The molecule has 3 rings (SSSR count). The quantitative estimate of drug-likeness (QED) is 0.727. The second kappa shape index (κ2) is 9.75. The van der Waals surface area contributed by atoms with Crippen molar-refractivity contribution in [1.29, 1.82) is 0 Å². The van der Waals surface area contributed by atoms with E-state index in [1.54, 1.807) is 25.1 Å². The lowest BCUT2D eigenvalue weighted by Gasteiger charge is -2.35. The molecular formula is C24H32N2O3S. The number of carbonyl (C=O) groups excluding carboxylic acids is 1. The molecule has 0 unspecified atom stereocenters. The molecule has 6 heteroatoms. The summed E-state index contributed by atoms with van der Waals surface area (Å²) in [5.41, 5.74) is 2.46. The van der Waals surface area contributed by atoms with Gasteiger partial charge in [0, 0.05) is 26.2 Å². The molecule has 0 bridgehead atoms. The number of benzene rings is 2. The van der Waals surface area contributed by atoms with E-state index in [-0.39, 0.29) is 22.1 Å². The third-order valence-corrected chi connectivity index (χ3v) is 7.46. The number of likely N-dealkylation sites (tertiary alicyclic amines) is 1. The van der Waals surface area contributed by atoms with Crippen LogP contribution in [0, 0.1) is 11.8 Å². The Kier molecular flexibility index (Phi) is 7.32. The summed E-state index contributed by atoms with van der Waals surface area (Å²) in [5, 5.41) is 2.85. The molecule has 1 heterocycles. The number of nitrogens with one attached hydrogen (secondary N) is 1. The van der Waals surface area contributed by atoms with Crippen molar-refractivity contribution in [2.24, 2.45) is 11.8 Å². The highest BCUT2D eigenvalue weighted by atomic mass is 32.2. The van der Waals surface area contributed by atoms with E-state index in [1.807, 2.05) is 12.1 Å². The Bertz CT molecular complexity index is 960. The molecule has 162 valence electrons. The number of amides is 1. The Morgan fingerprint density at radius 1 is 1.00 bits per heavy atom. The molecule has 0 spiro atoms. The molecule has 1 N–H and O–H groups in total. The summed E-state index contributed by atoms with van der Waals surface area (Å²) in [4.78, 5) is 15.2. The molecule has 2 aromatic rings. The average Bonchev–Trinajstić information content (AvgIpc) is 2.72. The maximum atomic E-state index is 12.6. The summed E-state index contributed by atoms with van der Waals surface area (Å²) in [6.07, 6.45) is 1.30. The third-order valence-electron chi connectivity index (χ3n) is 5.67. The smallest absolute Gasteiger partial charge is 0.252 e. The maximum Gasteiger partial charge on any atom is 0.252 e. The van der Waals surface area contributed by atoms with E-state index in [0.29, 0.717) is 6.54 Å². The SMILES string of the molecule is CCS(=O)(=O)c1ccccc1C(=O)NCc1ccc(CN2C[C@H](C)C[C@@H](C)C2)cc1. The second-order valence-electron chi connectivity index (χ2n) is 8.54. The first kappa shape index (κ1) is 22.5. The van der Waals surface area contributed by atoms with Gasteiger partial charge < -0.3 is 5.32 Å². The van der Waals surface area contributed by atoms with Gasteiger partial charge in [-0.05, 0) is 41.5 Å². The summed E-state index contributed by atoms with van der Waals surface area (Å²) in [7, 11) is -3.45. The number of hydrogen-bond donors (Lipinski definition) is 1. The summed E-state index contributed by atoms with van der Waals surface area (Å²) in [6.45, 7) is 9.80. The van der Waals surface area contributed by atoms with Crippen molar-refractivity contribution in [1.82, 2.24) is 10.2 Å². The molecule has 1 fully saturated rings. The van der Waals surface area contributed by atoms with Crippen LogP contribution in [0.3, 0.4) is 0 Å². The van der Waals surface area contributed by atoms with Gasteiger partial charge in [-0.1, -0.05) is 57.2 Å². The van der Waals surface area contributed by atoms with E-state index >= 15 is 0 Å². The van der Waals surface area contributed by atoms with Crippen LogP contribution >= 0.6 is 0 Å². The number of piperidine rings is 1. The van der Waals surface area contributed by atoms with E-state index in [2.05, 4.69) is 36.2 Å². The topological polar surface area (TPSA) is 66.5 Å². The molecule has 0 aliphatic carbocycles. The molecule has 1 amide bonds. The standard InChI is InChI=1S/C24H32N2O3S/c1-4-30(28,29)23-8-6-5-7-22(23)24(27)25-14-20-9-11-21(12-10-20)17-26-15-18(2)13-19(3)16-26/h5-12,18-19H,4,13-17H2,1-3H3,(H,25,27)/t18-,19-/m1/s1. The zero-order chi connectivity index (χ0) is 21.7. The Hall–Kier alpha value is -2.18. The molecule has 2 atom stereocenters. The van der Waals surface area contributed by atoms with E-state index in [9.17, 15) is 13.2 Å². The van der Waals surface area contributed by atoms with Crippen molar-refractivity contribution < 1.29 is 13.2 Å². The largest absolute Gasteiger partial charge is 0.348 e. The Morgan fingerprint density at radius 3 is 2.23 bits per heavy atom. The fourth-order valence-corrected chi connectivity index (χ4v) is 5.39. The van der Waals surface area contributed by atoms with Gasteiger partial charge in [0.05, 0.1) is 16.2 Å². The molecule has 1 saturated heterocycles. The van der Waals surface area contributed by atoms with Gasteiger partial charge in [-0.2, -0.15) is 0 Å². The van der Waals surface area contributed by atoms with Gasteiger partial charge in [-0.25, -0.2) is 8.42 Å².